The maximum absolute atomic E-state index is 12.5. The summed E-state index contributed by atoms with van der Waals surface area (Å²) in [5, 5.41) is 5.58. The third-order valence-corrected chi connectivity index (χ3v) is 9.56. The molecule has 0 radical (unpaired) electrons. The molecule has 0 unspecified atom stereocenters. The highest BCUT2D eigenvalue weighted by molar-refractivity contribution is 7.86. The number of halogens is 4. The molecule has 0 atom stereocenters. The lowest BCUT2D eigenvalue weighted by atomic mass is 10.2. The maximum Gasteiger partial charge on any atom is 0.485 e. The van der Waals surface area contributed by atoms with Gasteiger partial charge in [-0.25, -0.2) is 13.4 Å². The summed E-state index contributed by atoms with van der Waals surface area (Å²) in [5.41, 5.74) is -4.16. The Balaban J connectivity index is 0.000000350. The van der Waals surface area contributed by atoms with Crippen LogP contribution in [-0.2, 0) is 10.1 Å². The third kappa shape index (κ3) is 7.11. The van der Waals surface area contributed by atoms with Crippen LogP contribution < -0.4 is 31.3 Å². The number of hydrogen-bond acceptors (Lipinski definition) is 8. The molecule has 4 aromatic rings. The van der Waals surface area contributed by atoms with Gasteiger partial charge in [0.15, 0.2) is 18.8 Å². The summed E-state index contributed by atoms with van der Waals surface area (Å²) in [6.45, 7) is 0. The molecule has 0 fully saturated rings. The van der Waals surface area contributed by atoms with Crippen molar-refractivity contribution < 1.29 is 56.9 Å². The second-order valence-electron chi connectivity index (χ2n) is 6.23. The molecule has 34 heavy (non-hydrogen) atoms. The lowest BCUT2D eigenvalue weighted by Gasteiger charge is -2.08. The third-order valence-electron chi connectivity index (χ3n) is 3.89. The summed E-state index contributed by atoms with van der Waals surface area (Å²) in [6.07, 6.45) is 0. The van der Waals surface area contributed by atoms with Gasteiger partial charge in [0.25, 0.3) is 5.91 Å². The van der Waals surface area contributed by atoms with Crippen molar-refractivity contribution in [2.24, 2.45) is 0 Å². The molecule has 0 aliphatic rings. The number of methoxy groups -OCH3 is 1. The Labute approximate surface area is 210 Å². The van der Waals surface area contributed by atoms with Crippen LogP contribution in [0, 0.1) is 6.45 Å². The number of ether oxygens (including phenoxy) is 1. The fourth-order valence-corrected chi connectivity index (χ4v) is 6.86. The van der Waals surface area contributed by atoms with Crippen molar-refractivity contribution in [3.05, 3.63) is 72.0 Å². The molecule has 1 N–H and O–H groups in total. The van der Waals surface area contributed by atoms with E-state index in [2.05, 4.69) is 27.8 Å². The summed E-state index contributed by atoms with van der Waals surface area (Å²) in [6, 6.07) is 17.8. The highest BCUT2D eigenvalue weighted by Crippen LogP contribution is 2.29. The molecule has 0 bridgehead atoms. The van der Waals surface area contributed by atoms with Gasteiger partial charge in [-0.15, -0.1) is 0 Å². The Morgan fingerprint density at radius 1 is 1.15 bits per heavy atom. The molecule has 0 spiro atoms. The van der Waals surface area contributed by atoms with Crippen LogP contribution in [0.1, 0.15) is 10.4 Å². The van der Waals surface area contributed by atoms with Crippen molar-refractivity contribution in [2.75, 3.05) is 12.4 Å². The second-order valence-corrected chi connectivity index (χ2v) is 13.3. The molecule has 0 saturated carbocycles. The van der Waals surface area contributed by atoms with Crippen LogP contribution in [0.2, 0.25) is 0 Å². The van der Waals surface area contributed by atoms with Gasteiger partial charge in [-0.3, -0.25) is 10.1 Å². The minimum Gasteiger partial charge on any atom is -0.741 e. The number of fused-ring (bicyclic) bond motifs is 1. The number of anilines is 1. The molecule has 0 aliphatic heterocycles. The van der Waals surface area contributed by atoms with Crippen molar-refractivity contribution in [3.8, 4) is 5.75 Å². The van der Waals surface area contributed by atoms with Gasteiger partial charge in [0.05, 0.1) is 17.3 Å². The topological polar surface area (TPSA) is 108 Å². The van der Waals surface area contributed by atoms with Crippen molar-refractivity contribution in [1.29, 1.82) is 0 Å². The van der Waals surface area contributed by atoms with E-state index in [-0.39, 0.29) is 27.1 Å². The second kappa shape index (κ2) is 11.0. The summed E-state index contributed by atoms with van der Waals surface area (Å²) < 4.78 is 67.8. The number of hydrogen-bond donors (Lipinski definition) is 1. The number of nitrogens with zero attached hydrogens (tertiary/aromatic N) is 1. The number of benzene rings is 2. The van der Waals surface area contributed by atoms with Crippen LogP contribution in [0.5, 0.6) is 5.75 Å². The summed E-state index contributed by atoms with van der Waals surface area (Å²) in [7, 11) is -4.46. The lowest BCUT2D eigenvalue weighted by molar-refractivity contribution is -0.591. The van der Waals surface area contributed by atoms with Gasteiger partial charge >= 0.3 is 26.7 Å². The van der Waals surface area contributed by atoms with Gasteiger partial charge in [-0.1, -0.05) is 22.7 Å². The average molecular weight is 642 g/mol. The number of amides is 1. The Morgan fingerprint density at radius 2 is 1.82 bits per heavy atom. The Hall–Kier alpha value is -2.27. The van der Waals surface area contributed by atoms with E-state index in [1.165, 1.54) is 17.8 Å². The van der Waals surface area contributed by atoms with Crippen molar-refractivity contribution in [3.63, 3.8) is 0 Å². The molecule has 180 valence electrons. The Kier molecular flexibility index (Phi) is 8.51. The van der Waals surface area contributed by atoms with Crippen molar-refractivity contribution >= 4 is 54.0 Å². The smallest absolute Gasteiger partial charge is 0.485 e. The first-order valence-corrected chi connectivity index (χ1v) is 14.3. The van der Waals surface area contributed by atoms with Gasteiger partial charge < -0.3 is 9.29 Å². The first-order chi connectivity index (χ1) is 16.0. The van der Waals surface area contributed by atoms with Gasteiger partial charge in [0, 0.05) is 11.6 Å². The van der Waals surface area contributed by atoms with Crippen LogP contribution in [0.3, 0.4) is 0 Å². The molecule has 2 heterocycles. The number of nitrogens with one attached hydrogen (secondary N) is 1. The van der Waals surface area contributed by atoms with Gasteiger partial charge in [0.2, 0.25) is 2.88 Å². The van der Waals surface area contributed by atoms with Crippen LogP contribution in [-0.4, -0.2) is 36.5 Å². The summed E-state index contributed by atoms with van der Waals surface area (Å²) in [4.78, 5) is 16.9. The van der Waals surface area contributed by atoms with Crippen LogP contribution in [0.4, 0.5) is 18.3 Å². The lowest BCUT2D eigenvalue weighted by Crippen LogP contribution is -3.61. The van der Waals surface area contributed by atoms with Crippen LogP contribution >= 0.6 is 22.7 Å². The minimum atomic E-state index is -6.09. The Bertz CT molecular complexity index is 1370. The summed E-state index contributed by atoms with van der Waals surface area (Å²) >= 11 is 3.06. The van der Waals surface area contributed by atoms with E-state index in [9.17, 15) is 18.0 Å². The molecule has 4 rings (SSSR count). The number of thiophene rings is 1. The van der Waals surface area contributed by atoms with E-state index < -0.39 is 15.6 Å². The summed E-state index contributed by atoms with van der Waals surface area (Å²) in [5.74, 6) is 0.639. The van der Waals surface area contributed by atoms with Gasteiger partial charge in [-0.2, -0.15) is 13.2 Å². The minimum absolute atomic E-state index is 0.142. The van der Waals surface area contributed by atoms with Crippen molar-refractivity contribution in [2.45, 2.75) is 5.51 Å². The van der Waals surface area contributed by atoms with Crippen LogP contribution in [0.15, 0.2) is 60.0 Å². The molecule has 2 aromatic heterocycles. The monoisotopic (exact) mass is 642 g/mol. The molecular weight excluding hydrogens is 628 g/mol. The first kappa shape index (κ1) is 26.3. The zero-order chi connectivity index (χ0) is 24.9. The number of rotatable bonds is 5. The largest absolute Gasteiger partial charge is 0.741 e. The highest BCUT2D eigenvalue weighted by Gasteiger charge is 2.36. The maximum atomic E-state index is 12.5. The quantitative estimate of drug-likeness (QED) is 0.202. The van der Waals surface area contributed by atoms with E-state index in [1.54, 1.807) is 18.4 Å². The normalized spacial score (nSPS) is 11.6. The fraction of sp³-hybridized carbons (Fsp3) is 0.100. The first-order valence-electron chi connectivity index (χ1n) is 9.03. The predicted octanol–water partition coefficient (Wildman–Crippen LogP) is 1.80. The van der Waals surface area contributed by atoms with E-state index in [4.69, 9.17) is 17.7 Å². The zero-order valence-corrected chi connectivity index (χ0v) is 21.6. The molecule has 0 saturated heterocycles. The van der Waals surface area contributed by atoms with E-state index in [0.717, 1.165) is 16.0 Å². The number of alkyl halides is 3. The predicted molar refractivity (Wildman–Crippen MR) is 118 cm³/mol. The Morgan fingerprint density at radius 3 is 2.38 bits per heavy atom. The van der Waals surface area contributed by atoms with E-state index in [0.29, 0.717) is 10.7 Å². The molecule has 1 amide bonds. The SMILES string of the molecule is COc1ccc2nc(NC(=O)c3ccc([I+]c4cccs4)cc3)sc2c1.O=S(=O)([O-])C(F)(F)F. The zero-order valence-electron chi connectivity index (χ0n) is 17.0. The van der Waals surface area contributed by atoms with Gasteiger partial charge in [-0.05, 0) is 53.9 Å². The average Bonchev–Trinajstić information content (AvgIpc) is 3.41. The number of carbonyl (C=O) groups is 1. The van der Waals surface area contributed by atoms with Crippen molar-refractivity contribution in [1.82, 2.24) is 4.98 Å². The number of thiazole rings is 1. The molecular formula is C20H14F3IN2O5S3. The van der Waals surface area contributed by atoms with Gasteiger partial charge in [0.1, 0.15) is 5.75 Å². The molecule has 2 aromatic carbocycles. The standard InChI is InChI=1S/C19H13IN2O2S2.CHF3O3S/c1-24-14-8-9-15-16(11-14)26-19(21-15)22-18(23)12-4-6-13(7-5-12)20-17-3-2-10-25-17;2-1(3,4)8(5,6)7/h2-11H,1H3;(H,5,6,7). The van der Waals surface area contributed by atoms with E-state index >= 15 is 0 Å². The number of aromatic nitrogens is 1. The highest BCUT2D eigenvalue weighted by atomic mass is 127. The fourth-order valence-electron chi connectivity index (χ4n) is 2.34. The molecule has 0 aliphatic carbocycles. The van der Waals surface area contributed by atoms with E-state index in [1.807, 2.05) is 42.5 Å². The number of carbonyl (C=O) groups excluding carboxylic acids is 1. The molecule has 7 nitrogen and oxygen atoms in total. The molecule has 14 heteroatoms. The van der Waals surface area contributed by atoms with Crippen LogP contribution in [0.25, 0.3) is 10.2 Å².